The highest BCUT2D eigenvalue weighted by atomic mass is 16.5. The van der Waals surface area contributed by atoms with Crippen molar-refractivity contribution in [2.45, 2.75) is 20.8 Å². The highest BCUT2D eigenvalue weighted by Gasteiger charge is 2.24. The number of anilines is 2. The van der Waals surface area contributed by atoms with E-state index in [2.05, 4.69) is 32.9 Å². The zero-order chi connectivity index (χ0) is 28.6. The second-order valence-corrected chi connectivity index (χ2v) is 9.55. The van der Waals surface area contributed by atoms with E-state index in [-0.39, 0.29) is 11.9 Å². The molecule has 0 fully saturated rings. The molecule has 5 rings (SSSR count). The van der Waals surface area contributed by atoms with Gasteiger partial charge in [-0.15, -0.1) is 0 Å². The molecule has 0 bridgehead atoms. The Morgan fingerprint density at radius 2 is 1.88 bits per heavy atom. The average molecular weight is 530 g/mol. The van der Waals surface area contributed by atoms with E-state index in [0.717, 1.165) is 33.6 Å². The monoisotopic (exact) mass is 529 g/mol. The van der Waals surface area contributed by atoms with Crippen LogP contribution in [0.2, 0.25) is 0 Å². The number of fused-ring (bicyclic) bond motifs is 1. The molecule has 3 aromatic heterocycles. The van der Waals surface area contributed by atoms with Crippen LogP contribution in [0.3, 0.4) is 0 Å². The molecule has 5 aromatic rings. The lowest BCUT2D eigenvalue weighted by atomic mass is 9.95. The van der Waals surface area contributed by atoms with E-state index in [9.17, 15) is 10.1 Å². The van der Waals surface area contributed by atoms with Gasteiger partial charge < -0.3 is 20.4 Å². The summed E-state index contributed by atoms with van der Waals surface area (Å²) in [5, 5.41) is 13.4. The molecule has 40 heavy (non-hydrogen) atoms. The van der Waals surface area contributed by atoms with Crippen LogP contribution in [0.25, 0.3) is 33.3 Å². The number of ether oxygens (including phenoxy) is 1. The van der Waals surface area contributed by atoms with Crippen LogP contribution in [-0.4, -0.2) is 25.4 Å². The number of hydrogen-bond acceptors (Lipinski definition) is 7. The minimum atomic E-state index is -0.242. The van der Waals surface area contributed by atoms with Crippen molar-refractivity contribution in [2.75, 3.05) is 11.1 Å². The SMILES string of the molecule is C=C(C)C(=O)Nc1ccc(-c2c(-c3ccc(Oc4nccc(C)n4)cc3)c3c(N)ncc(C#N)c3n2C)c(C)c1. The number of carbonyl (C=O) groups is 1. The van der Waals surface area contributed by atoms with Gasteiger partial charge in [-0.2, -0.15) is 5.26 Å². The average Bonchev–Trinajstić information content (AvgIpc) is 3.23. The molecule has 0 radical (unpaired) electrons. The smallest absolute Gasteiger partial charge is 0.322 e. The molecule has 9 heteroatoms. The molecule has 198 valence electrons. The van der Waals surface area contributed by atoms with Crippen LogP contribution in [0, 0.1) is 25.2 Å². The summed E-state index contributed by atoms with van der Waals surface area (Å²) in [6.45, 7) is 9.21. The van der Waals surface area contributed by atoms with Gasteiger partial charge in [0.2, 0.25) is 0 Å². The number of nitrogens with one attached hydrogen (secondary N) is 1. The third-order valence-electron chi connectivity index (χ3n) is 6.61. The van der Waals surface area contributed by atoms with Gasteiger partial charge in [0, 0.05) is 47.5 Å². The minimum Gasteiger partial charge on any atom is -0.424 e. The quantitative estimate of drug-likeness (QED) is 0.255. The lowest BCUT2D eigenvalue weighted by molar-refractivity contribution is -0.112. The first-order valence-corrected chi connectivity index (χ1v) is 12.5. The summed E-state index contributed by atoms with van der Waals surface area (Å²) >= 11 is 0. The van der Waals surface area contributed by atoms with Gasteiger partial charge in [-0.25, -0.2) is 15.0 Å². The predicted molar refractivity (Wildman–Crippen MR) is 156 cm³/mol. The first-order chi connectivity index (χ1) is 19.2. The van der Waals surface area contributed by atoms with E-state index >= 15 is 0 Å². The summed E-state index contributed by atoms with van der Waals surface area (Å²) in [6.07, 6.45) is 3.14. The molecule has 0 saturated carbocycles. The first kappa shape index (κ1) is 26.1. The largest absolute Gasteiger partial charge is 0.424 e. The number of nitrogens with two attached hydrogens (primary N) is 1. The van der Waals surface area contributed by atoms with Crippen molar-refractivity contribution in [3.63, 3.8) is 0 Å². The number of aromatic nitrogens is 4. The number of pyridine rings is 1. The molecule has 3 heterocycles. The van der Waals surface area contributed by atoms with E-state index in [1.807, 2.05) is 67.9 Å². The molecule has 0 saturated heterocycles. The Hall–Kier alpha value is -5.49. The Labute approximate surface area is 231 Å². The number of nitriles is 1. The molecule has 1 amide bonds. The second-order valence-electron chi connectivity index (χ2n) is 9.55. The molecule has 0 aliphatic carbocycles. The van der Waals surface area contributed by atoms with Gasteiger partial charge in [0.25, 0.3) is 5.91 Å². The van der Waals surface area contributed by atoms with Crippen LogP contribution >= 0.6 is 0 Å². The van der Waals surface area contributed by atoms with Crippen LogP contribution in [-0.2, 0) is 11.8 Å². The lowest BCUT2D eigenvalue weighted by Gasteiger charge is -2.14. The summed E-state index contributed by atoms with van der Waals surface area (Å²) in [5.74, 6) is 0.657. The van der Waals surface area contributed by atoms with Gasteiger partial charge in [0.15, 0.2) is 0 Å². The van der Waals surface area contributed by atoms with Gasteiger partial charge in [0.05, 0.1) is 22.2 Å². The van der Waals surface area contributed by atoms with Crippen molar-refractivity contribution >= 4 is 28.3 Å². The Bertz CT molecular complexity index is 1850. The van der Waals surface area contributed by atoms with E-state index < -0.39 is 0 Å². The van der Waals surface area contributed by atoms with Crippen LogP contribution < -0.4 is 15.8 Å². The Balaban J connectivity index is 1.67. The van der Waals surface area contributed by atoms with Crippen LogP contribution in [0.15, 0.2) is 73.1 Å². The number of amides is 1. The molecule has 3 N–H and O–H groups in total. The predicted octanol–water partition coefficient (Wildman–Crippen LogP) is 6.07. The maximum atomic E-state index is 12.2. The molecular formula is C31H27N7O2. The molecular weight excluding hydrogens is 502 g/mol. The van der Waals surface area contributed by atoms with Crippen molar-refractivity contribution in [1.29, 1.82) is 5.26 Å². The van der Waals surface area contributed by atoms with Crippen molar-refractivity contribution in [3.8, 4) is 40.2 Å². The van der Waals surface area contributed by atoms with E-state index in [0.29, 0.717) is 39.3 Å². The van der Waals surface area contributed by atoms with Gasteiger partial charge in [0.1, 0.15) is 17.6 Å². The molecule has 0 aliphatic rings. The third-order valence-corrected chi connectivity index (χ3v) is 6.61. The normalized spacial score (nSPS) is 10.8. The zero-order valence-electron chi connectivity index (χ0n) is 22.6. The zero-order valence-corrected chi connectivity index (χ0v) is 22.6. The van der Waals surface area contributed by atoms with Crippen molar-refractivity contribution in [2.24, 2.45) is 7.05 Å². The van der Waals surface area contributed by atoms with Crippen LogP contribution in [0.1, 0.15) is 23.7 Å². The third kappa shape index (κ3) is 4.74. The van der Waals surface area contributed by atoms with Gasteiger partial charge in [-0.1, -0.05) is 24.8 Å². The van der Waals surface area contributed by atoms with Crippen molar-refractivity contribution in [3.05, 3.63) is 89.9 Å². The highest BCUT2D eigenvalue weighted by Crippen LogP contribution is 2.44. The summed E-state index contributed by atoms with van der Waals surface area (Å²) < 4.78 is 7.82. The number of benzene rings is 2. The Morgan fingerprint density at radius 3 is 2.52 bits per heavy atom. The maximum Gasteiger partial charge on any atom is 0.322 e. The molecule has 9 nitrogen and oxygen atoms in total. The molecule has 0 unspecified atom stereocenters. The van der Waals surface area contributed by atoms with Crippen molar-refractivity contribution in [1.82, 2.24) is 19.5 Å². The fraction of sp³-hybridized carbons (Fsp3) is 0.129. The summed E-state index contributed by atoms with van der Waals surface area (Å²) in [7, 11) is 1.91. The first-order valence-electron chi connectivity index (χ1n) is 12.5. The summed E-state index contributed by atoms with van der Waals surface area (Å²) in [6, 6.07) is 17.5. The topological polar surface area (TPSA) is 132 Å². The molecule has 0 aliphatic heterocycles. The fourth-order valence-electron chi connectivity index (χ4n) is 4.70. The minimum absolute atomic E-state index is 0.242. The number of nitrogens with zero attached hydrogens (tertiary/aromatic N) is 5. The molecule has 0 atom stereocenters. The fourth-order valence-corrected chi connectivity index (χ4v) is 4.70. The number of carbonyl (C=O) groups excluding carboxylic acids is 1. The summed E-state index contributed by atoms with van der Waals surface area (Å²) in [4.78, 5) is 25.0. The summed E-state index contributed by atoms with van der Waals surface area (Å²) in [5.41, 5.74) is 13.8. The number of hydrogen-bond donors (Lipinski definition) is 2. The van der Waals surface area contributed by atoms with E-state index in [1.54, 1.807) is 19.2 Å². The van der Waals surface area contributed by atoms with Gasteiger partial charge in [-0.05, 0) is 62.2 Å². The number of nitrogen functional groups attached to an aromatic ring is 1. The lowest BCUT2D eigenvalue weighted by Crippen LogP contribution is -2.11. The van der Waals surface area contributed by atoms with Crippen molar-refractivity contribution < 1.29 is 9.53 Å². The number of aryl methyl sites for hydroxylation is 3. The molecule has 2 aromatic carbocycles. The Kier molecular flexibility index (Phi) is 6.76. The van der Waals surface area contributed by atoms with Crippen LogP contribution in [0.5, 0.6) is 11.8 Å². The van der Waals surface area contributed by atoms with Gasteiger partial charge in [-0.3, -0.25) is 4.79 Å². The standard InChI is InChI=1S/C31H27N7O2/c1-17(2)30(39)37-22-8-11-24(18(3)14-22)28-25(26-27(38(28)5)21(15-32)16-35-29(26)33)20-6-9-23(10-7-20)40-31-34-13-12-19(4)36-31/h6-14,16H,1H2,2-5H3,(H2,33,35)(H,37,39). The van der Waals surface area contributed by atoms with E-state index in [1.165, 1.54) is 6.20 Å². The Morgan fingerprint density at radius 1 is 1.12 bits per heavy atom. The number of rotatable bonds is 6. The van der Waals surface area contributed by atoms with Gasteiger partial charge >= 0.3 is 6.01 Å². The second kappa shape index (κ2) is 10.3. The van der Waals surface area contributed by atoms with Crippen LogP contribution in [0.4, 0.5) is 11.5 Å². The highest BCUT2D eigenvalue weighted by molar-refractivity contribution is 6.11. The van der Waals surface area contributed by atoms with E-state index in [4.69, 9.17) is 10.5 Å². The molecule has 0 spiro atoms. The maximum absolute atomic E-state index is 12.2.